The Balaban J connectivity index is 0. The minimum Gasteiger partial charge on any atom is -1.00 e. The van der Waals surface area contributed by atoms with Crippen molar-refractivity contribution < 1.29 is 68.2 Å². The van der Waals surface area contributed by atoms with E-state index in [1.807, 2.05) is 6.92 Å². The molecule has 1 aromatic rings. The Morgan fingerprint density at radius 2 is 1.79 bits per heavy atom. The third kappa shape index (κ3) is 3.68. The molecule has 0 saturated heterocycles. The molecule has 0 bridgehead atoms. The van der Waals surface area contributed by atoms with Crippen LogP contribution in [0.1, 0.15) is 31.1 Å². The molecule has 1 heterocycles. The first-order valence-corrected chi connectivity index (χ1v) is 5.74. The normalized spacial score (nSPS) is 17.6. The molecule has 0 amide bonds. The second-order valence-electron chi connectivity index (χ2n) is 3.95. The zero-order chi connectivity index (χ0) is 10.6. The van der Waals surface area contributed by atoms with E-state index in [0.29, 0.717) is 0 Å². The third-order valence-corrected chi connectivity index (χ3v) is 3.55. The minimum atomic E-state index is 0. The fraction of sp³-hybridized carbons (Fsp3) is 0.231. The molecule has 3 rings (SSSR count). The molecule has 1 aliphatic carbocycles. The number of fused-ring (bicyclic) bond motifs is 3. The largest absolute Gasteiger partial charge is 4.00 e. The van der Waals surface area contributed by atoms with E-state index in [-0.39, 0.29) is 69.5 Å². The molecule has 0 saturated carbocycles. The maximum atomic E-state index is 5.83. The van der Waals surface area contributed by atoms with Crippen LogP contribution in [0, 0.1) is 6.08 Å². The van der Waals surface area contributed by atoms with Gasteiger partial charge in [-0.1, -0.05) is 51.7 Å². The number of hydrogen-bond acceptors (Lipinski definition) is 1. The molecule has 2 aliphatic rings. The SMILES string of the molecule is CC1=C(C)C2=[C-]c3cc(Br)ccc3C2O1.[Cl-].[Cl-].[Cl-].[Zr+4]. The molecule has 0 fully saturated rings. The van der Waals surface area contributed by atoms with Crippen molar-refractivity contribution in [1.29, 1.82) is 0 Å². The van der Waals surface area contributed by atoms with Gasteiger partial charge < -0.3 is 42.0 Å². The summed E-state index contributed by atoms with van der Waals surface area (Å²) in [6, 6.07) is 6.25. The van der Waals surface area contributed by atoms with Gasteiger partial charge in [-0.2, -0.15) is 0 Å². The molecule has 1 unspecified atom stereocenters. The van der Waals surface area contributed by atoms with Crippen LogP contribution in [-0.2, 0) is 30.9 Å². The molecule has 0 N–H and O–H groups in total. The van der Waals surface area contributed by atoms with Crippen molar-refractivity contribution >= 4 is 15.9 Å². The van der Waals surface area contributed by atoms with Crippen LogP contribution in [0.2, 0.25) is 0 Å². The molecule has 100 valence electrons. The fourth-order valence-corrected chi connectivity index (χ4v) is 2.46. The summed E-state index contributed by atoms with van der Waals surface area (Å²) in [6.45, 7) is 4.11. The summed E-state index contributed by atoms with van der Waals surface area (Å²) in [5.74, 6) is 1.02. The van der Waals surface area contributed by atoms with Gasteiger partial charge in [0, 0.05) is 0 Å². The number of halogens is 4. The molecular weight excluding hydrogens is 450 g/mol. The summed E-state index contributed by atoms with van der Waals surface area (Å²) in [7, 11) is 0. The standard InChI is InChI=1S/C13H10BrO.3ClH.Zr/c1-7-8(2)15-13-11-4-3-10(14)5-9(11)6-12(7)13;;;;/h3-5,13H,1-2H3;3*1H;/q-1;;;;+4/p-3. The maximum Gasteiger partial charge on any atom is 4.00 e. The van der Waals surface area contributed by atoms with Crippen molar-refractivity contribution in [3.05, 3.63) is 56.8 Å². The van der Waals surface area contributed by atoms with Gasteiger partial charge in [0.05, 0.1) is 11.9 Å². The van der Waals surface area contributed by atoms with E-state index < -0.39 is 0 Å². The van der Waals surface area contributed by atoms with Crippen LogP contribution in [-0.4, -0.2) is 0 Å². The van der Waals surface area contributed by atoms with Crippen molar-refractivity contribution in [3.8, 4) is 0 Å². The first kappa shape index (κ1) is 22.0. The monoisotopic (exact) mass is 456 g/mol. The Hall–Kier alpha value is 0.733. The van der Waals surface area contributed by atoms with E-state index in [2.05, 4.69) is 47.1 Å². The number of allylic oxidation sites excluding steroid dienone is 1. The number of rotatable bonds is 0. The van der Waals surface area contributed by atoms with E-state index in [0.717, 1.165) is 15.8 Å². The zero-order valence-electron chi connectivity index (χ0n) is 10.2. The van der Waals surface area contributed by atoms with Crippen LogP contribution in [0.3, 0.4) is 0 Å². The van der Waals surface area contributed by atoms with Gasteiger partial charge in [0.25, 0.3) is 0 Å². The van der Waals surface area contributed by atoms with Gasteiger partial charge in [0.1, 0.15) is 0 Å². The van der Waals surface area contributed by atoms with E-state index >= 15 is 0 Å². The topological polar surface area (TPSA) is 9.23 Å². The number of benzene rings is 1. The van der Waals surface area contributed by atoms with Gasteiger partial charge in [-0.3, -0.25) is 0 Å². The molecule has 0 spiro atoms. The van der Waals surface area contributed by atoms with E-state index in [1.165, 1.54) is 16.7 Å². The molecule has 0 aromatic heterocycles. The van der Waals surface area contributed by atoms with E-state index in [9.17, 15) is 0 Å². The van der Waals surface area contributed by atoms with Crippen molar-refractivity contribution in [2.45, 2.75) is 20.0 Å². The Bertz CT molecular complexity index is 529. The summed E-state index contributed by atoms with van der Waals surface area (Å²) >= 11 is 3.47. The summed E-state index contributed by atoms with van der Waals surface area (Å²) in [4.78, 5) is 0. The van der Waals surface area contributed by atoms with Crippen molar-refractivity contribution in [2.24, 2.45) is 0 Å². The first-order chi connectivity index (χ1) is 7.16. The molecule has 19 heavy (non-hydrogen) atoms. The quantitative estimate of drug-likeness (QED) is 0.353. The van der Waals surface area contributed by atoms with Gasteiger partial charge in [0.2, 0.25) is 0 Å². The predicted octanol–water partition coefficient (Wildman–Crippen LogP) is -5.08. The minimum absolute atomic E-state index is 0. The van der Waals surface area contributed by atoms with Crippen molar-refractivity contribution in [3.63, 3.8) is 0 Å². The Labute approximate surface area is 159 Å². The van der Waals surface area contributed by atoms with Crippen molar-refractivity contribution in [1.82, 2.24) is 0 Å². The predicted molar refractivity (Wildman–Crippen MR) is 62.2 cm³/mol. The van der Waals surface area contributed by atoms with E-state index in [1.54, 1.807) is 0 Å². The van der Waals surface area contributed by atoms with Crippen LogP contribution in [0.25, 0.3) is 0 Å². The average molecular weight is 460 g/mol. The van der Waals surface area contributed by atoms with Gasteiger partial charge >= 0.3 is 26.2 Å². The maximum absolute atomic E-state index is 5.83. The number of ether oxygens (including phenoxy) is 1. The Morgan fingerprint density at radius 1 is 1.16 bits per heavy atom. The van der Waals surface area contributed by atoms with Crippen LogP contribution < -0.4 is 37.2 Å². The van der Waals surface area contributed by atoms with Crippen LogP contribution in [0.5, 0.6) is 0 Å². The van der Waals surface area contributed by atoms with Gasteiger partial charge in [0.15, 0.2) is 0 Å². The first-order valence-electron chi connectivity index (χ1n) is 4.94. The van der Waals surface area contributed by atoms with Gasteiger partial charge in [-0.25, -0.2) is 0 Å². The van der Waals surface area contributed by atoms with Gasteiger partial charge in [-0.05, 0) is 11.4 Å². The third-order valence-electron chi connectivity index (χ3n) is 3.06. The fourth-order valence-electron chi connectivity index (χ4n) is 2.10. The molecule has 1 nitrogen and oxygen atoms in total. The summed E-state index contributed by atoms with van der Waals surface area (Å²) < 4.78 is 6.92. The van der Waals surface area contributed by atoms with Crippen LogP contribution in [0.15, 0.2) is 39.6 Å². The molecule has 0 radical (unpaired) electrons. The average Bonchev–Trinajstić information content (AvgIpc) is 2.66. The number of hydrogen-bond donors (Lipinski definition) is 0. The molecule has 6 heteroatoms. The molecule has 1 aromatic carbocycles. The molecule has 1 atom stereocenters. The Morgan fingerprint density at radius 3 is 2.42 bits per heavy atom. The smallest absolute Gasteiger partial charge is 1.00 e. The summed E-state index contributed by atoms with van der Waals surface area (Å²) in [5.41, 5.74) is 4.80. The summed E-state index contributed by atoms with van der Waals surface area (Å²) in [6.07, 6.45) is 3.51. The second kappa shape index (κ2) is 8.24. The van der Waals surface area contributed by atoms with Crippen LogP contribution >= 0.6 is 15.9 Å². The zero-order valence-corrected chi connectivity index (χ0v) is 16.5. The molecule has 1 aliphatic heterocycles. The van der Waals surface area contributed by atoms with E-state index in [4.69, 9.17) is 4.74 Å². The second-order valence-corrected chi connectivity index (χ2v) is 4.87. The molecular formula is C13H10BrCl3OZr. The summed E-state index contributed by atoms with van der Waals surface area (Å²) in [5, 5.41) is 0. The van der Waals surface area contributed by atoms with Crippen LogP contribution in [0.4, 0.5) is 0 Å². The van der Waals surface area contributed by atoms with Crippen molar-refractivity contribution in [2.75, 3.05) is 0 Å². The Kier molecular flexibility index (Phi) is 9.55. The van der Waals surface area contributed by atoms with Gasteiger partial charge in [-0.15, -0.1) is 17.7 Å².